The van der Waals surface area contributed by atoms with E-state index in [2.05, 4.69) is 251 Å². The number of para-hydroxylation sites is 5. The topological polar surface area (TPSA) is 31.6 Å². The lowest BCUT2D eigenvalue weighted by Crippen LogP contribution is -2.26. The van der Waals surface area contributed by atoms with E-state index in [9.17, 15) is 0 Å². The SMILES string of the molecule is c1ccc(-c2ccc3c(c2)c2cc(-c4ccc5c(c4)c4ccccc4n5-c4ccc5c(c4)C4(c6ccccc6-c6ccccc64)c4ccccc4-5)ccc2n3-c2cc3c4c(c2)Oc2ccccc2N4c2ccccc2O3)cc1. The quantitative estimate of drug-likeness (QED) is 0.176. The summed E-state index contributed by atoms with van der Waals surface area (Å²) in [5.41, 5.74) is 24.4. The number of aromatic nitrogens is 2. The first-order chi connectivity index (χ1) is 38.7. The molecule has 2 aliphatic heterocycles. The molecular weight excluding hydrogens is 951 g/mol. The average Bonchev–Trinajstić information content (AvgIpc) is 3.88. The van der Waals surface area contributed by atoms with Crippen molar-refractivity contribution in [3.63, 3.8) is 0 Å². The molecule has 362 valence electrons. The van der Waals surface area contributed by atoms with E-state index in [0.717, 1.165) is 79.0 Å². The van der Waals surface area contributed by atoms with Gasteiger partial charge in [-0.05, 0) is 146 Å². The number of nitrogens with zero attached hydrogens (tertiary/aromatic N) is 3. The molecule has 5 heteroatoms. The number of hydrogen-bond donors (Lipinski definition) is 0. The third-order valence-electron chi connectivity index (χ3n) is 17.3. The summed E-state index contributed by atoms with van der Waals surface area (Å²) in [5, 5.41) is 4.77. The molecule has 0 N–H and O–H groups in total. The molecule has 14 aromatic rings. The van der Waals surface area contributed by atoms with E-state index >= 15 is 0 Å². The zero-order valence-corrected chi connectivity index (χ0v) is 42.0. The fourth-order valence-electron chi connectivity index (χ4n) is 14.1. The van der Waals surface area contributed by atoms with Gasteiger partial charge in [-0.15, -0.1) is 0 Å². The fraction of sp³-hybridized carbons (Fsp3) is 0.0137. The molecule has 0 saturated heterocycles. The Hall–Kier alpha value is -10.4. The highest BCUT2D eigenvalue weighted by Gasteiger charge is 2.51. The minimum absolute atomic E-state index is 0.428. The standard InChI is InChI=1S/C73H43N3O2/c1-2-16-44(17-3-1)45-30-35-64-56(38-45)57-40-47(32-37-65(57)75(64)49-42-70-72-71(43-49)78-69-29-15-13-27-67(69)76(72)66-26-12-14-28-68(66)77-70)46-31-36-63-55(39-46)54-21-7-11-25-62(54)74(63)48-33-34-53-52-20-6-10-24-60(52)73(61(53)41-48)58-22-8-4-18-50(58)51-19-5-9-23-59(51)73/h1-43H. The van der Waals surface area contributed by atoms with Crippen LogP contribution in [0.1, 0.15) is 22.3 Å². The second-order valence-corrected chi connectivity index (χ2v) is 21.1. The van der Waals surface area contributed by atoms with E-state index < -0.39 is 5.41 Å². The van der Waals surface area contributed by atoms with Gasteiger partial charge in [0.2, 0.25) is 0 Å². The first-order valence-electron chi connectivity index (χ1n) is 26.8. The smallest absolute Gasteiger partial charge is 0.157 e. The summed E-state index contributed by atoms with van der Waals surface area (Å²) in [6.45, 7) is 0. The second-order valence-electron chi connectivity index (χ2n) is 21.1. The summed E-state index contributed by atoms with van der Waals surface area (Å²) >= 11 is 0. The van der Waals surface area contributed by atoms with Gasteiger partial charge in [-0.3, -0.25) is 4.90 Å². The van der Waals surface area contributed by atoms with Crippen LogP contribution in [-0.2, 0) is 5.41 Å². The van der Waals surface area contributed by atoms with E-state index in [1.54, 1.807) is 0 Å². The van der Waals surface area contributed by atoms with Crippen LogP contribution in [0.5, 0.6) is 23.0 Å². The highest BCUT2D eigenvalue weighted by Crippen LogP contribution is 2.64. The second kappa shape index (κ2) is 15.4. The van der Waals surface area contributed by atoms with Crippen LogP contribution < -0.4 is 14.4 Å². The van der Waals surface area contributed by atoms with Crippen LogP contribution in [0.3, 0.4) is 0 Å². The van der Waals surface area contributed by atoms with Gasteiger partial charge in [-0.1, -0.05) is 170 Å². The summed E-state index contributed by atoms with van der Waals surface area (Å²) in [5.74, 6) is 3.10. The molecule has 0 atom stereocenters. The van der Waals surface area contributed by atoms with Gasteiger partial charge in [0.1, 0.15) is 5.69 Å². The van der Waals surface area contributed by atoms with E-state index in [1.807, 2.05) is 24.3 Å². The molecular formula is C73H43N3O2. The maximum atomic E-state index is 6.80. The highest BCUT2D eigenvalue weighted by molar-refractivity contribution is 6.14. The Labute approximate surface area is 449 Å². The van der Waals surface area contributed by atoms with Gasteiger partial charge < -0.3 is 18.6 Å². The Balaban J connectivity index is 0.812. The van der Waals surface area contributed by atoms with Crippen LogP contribution >= 0.6 is 0 Å². The lowest BCUT2D eigenvalue weighted by Gasteiger charge is -2.38. The van der Waals surface area contributed by atoms with Gasteiger partial charge >= 0.3 is 0 Å². The van der Waals surface area contributed by atoms with Crippen LogP contribution in [-0.4, -0.2) is 9.13 Å². The molecule has 0 radical (unpaired) electrons. The largest absolute Gasteiger partial charge is 0.453 e. The molecule has 1 spiro atoms. The van der Waals surface area contributed by atoms with Gasteiger partial charge in [0, 0.05) is 39.4 Å². The number of benzene rings is 12. The van der Waals surface area contributed by atoms with Gasteiger partial charge in [0.05, 0.1) is 44.5 Å². The van der Waals surface area contributed by atoms with E-state index in [-0.39, 0.29) is 0 Å². The Bertz CT molecular complexity index is 4810. The van der Waals surface area contributed by atoms with Crippen molar-refractivity contribution < 1.29 is 9.47 Å². The van der Waals surface area contributed by atoms with Crippen molar-refractivity contribution in [2.75, 3.05) is 4.90 Å². The third kappa shape index (κ3) is 5.48. The third-order valence-corrected chi connectivity index (χ3v) is 17.3. The van der Waals surface area contributed by atoms with Crippen molar-refractivity contribution in [3.8, 4) is 78.9 Å². The number of rotatable bonds is 4. The number of hydrogen-bond acceptors (Lipinski definition) is 3. The Kier molecular flexibility index (Phi) is 8.27. The van der Waals surface area contributed by atoms with Crippen molar-refractivity contribution in [3.05, 3.63) is 283 Å². The van der Waals surface area contributed by atoms with Crippen LogP contribution in [0.2, 0.25) is 0 Å². The number of ether oxygens (including phenoxy) is 2. The molecule has 2 aromatic heterocycles. The van der Waals surface area contributed by atoms with Gasteiger partial charge in [-0.2, -0.15) is 0 Å². The molecule has 0 fully saturated rings. The number of anilines is 3. The summed E-state index contributed by atoms with van der Waals surface area (Å²) in [6, 6.07) is 95.6. The van der Waals surface area contributed by atoms with Crippen molar-refractivity contribution in [2.45, 2.75) is 5.41 Å². The van der Waals surface area contributed by atoms with Crippen LogP contribution in [0, 0.1) is 0 Å². The summed E-state index contributed by atoms with van der Waals surface area (Å²) in [7, 11) is 0. The normalized spacial score (nSPS) is 13.7. The highest BCUT2D eigenvalue weighted by atomic mass is 16.5. The molecule has 4 heterocycles. The minimum atomic E-state index is -0.428. The van der Waals surface area contributed by atoms with Crippen LogP contribution in [0.15, 0.2) is 261 Å². The number of fused-ring (bicyclic) bond motifs is 20. The Morgan fingerprint density at radius 3 is 1.28 bits per heavy atom. The van der Waals surface area contributed by atoms with Crippen molar-refractivity contribution in [1.82, 2.24) is 9.13 Å². The fourth-order valence-corrected chi connectivity index (χ4v) is 14.1. The average molecular weight is 994 g/mol. The first-order valence-corrected chi connectivity index (χ1v) is 26.8. The molecule has 2 aliphatic carbocycles. The van der Waals surface area contributed by atoms with E-state index in [1.165, 1.54) is 82.8 Å². The van der Waals surface area contributed by atoms with Gasteiger partial charge in [0.15, 0.2) is 23.0 Å². The predicted octanol–water partition coefficient (Wildman–Crippen LogP) is 19.2. The van der Waals surface area contributed by atoms with Crippen molar-refractivity contribution in [2.24, 2.45) is 0 Å². The zero-order valence-electron chi connectivity index (χ0n) is 42.0. The lowest BCUT2D eigenvalue weighted by atomic mass is 9.70. The Morgan fingerprint density at radius 1 is 0.269 bits per heavy atom. The van der Waals surface area contributed by atoms with Crippen LogP contribution in [0.4, 0.5) is 17.1 Å². The molecule has 4 aliphatic rings. The van der Waals surface area contributed by atoms with E-state index in [4.69, 9.17) is 9.47 Å². The minimum Gasteiger partial charge on any atom is -0.453 e. The molecule has 0 amide bonds. The maximum Gasteiger partial charge on any atom is 0.157 e. The molecule has 18 rings (SSSR count). The lowest BCUT2D eigenvalue weighted by molar-refractivity contribution is 0.445. The van der Waals surface area contributed by atoms with E-state index in [0.29, 0.717) is 0 Å². The molecule has 78 heavy (non-hydrogen) atoms. The molecule has 0 bridgehead atoms. The van der Waals surface area contributed by atoms with Gasteiger partial charge in [-0.25, -0.2) is 0 Å². The van der Waals surface area contributed by atoms with Crippen molar-refractivity contribution in [1.29, 1.82) is 0 Å². The molecule has 5 nitrogen and oxygen atoms in total. The zero-order chi connectivity index (χ0) is 50.8. The molecule has 0 saturated carbocycles. The van der Waals surface area contributed by atoms with Gasteiger partial charge in [0.25, 0.3) is 0 Å². The Morgan fingerprint density at radius 2 is 0.705 bits per heavy atom. The predicted molar refractivity (Wildman–Crippen MR) is 317 cm³/mol. The summed E-state index contributed by atoms with van der Waals surface area (Å²) in [6.07, 6.45) is 0. The monoisotopic (exact) mass is 993 g/mol. The maximum absolute atomic E-state index is 6.80. The molecule has 0 unspecified atom stereocenters. The first kappa shape index (κ1) is 41.9. The summed E-state index contributed by atoms with van der Waals surface area (Å²) < 4.78 is 18.4. The molecule has 12 aromatic carbocycles. The summed E-state index contributed by atoms with van der Waals surface area (Å²) in [4.78, 5) is 2.28. The van der Waals surface area contributed by atoms with Crippen LogP contribution in [0.25, 0.3) is 99.5 Å². The van der Waals surface area contributed by atoms with Crippen molar-refractivity contribution >= 4 is 60.7 Å².